The minimum absolute atomic E-state index is 0.328. The van der Waals surface area contributed by atoms with E-state index in [9.17, 15) is 0 Å². The molecule has 20 heavy (non-hydrogen) atoms. The molecule has 0 aromatic heterocycles. The van der Waals surface area contributed by atoms with Crippen molar-refractivity contribution in [3.63, 3.8) is 0 Å². The number of nitrogens with zero attached hydrogens (tertiary/aromatic N) is 1. The second-order valence-corrected chi connectivity index (χ2v) is 5.93. The number of unbranched alkanes of at least 4 members (excludes halogenated alkanes) is 1. The maximum atomic E-state index is 6.54. The number of halogens is 1. The molecule has 0 amide bonds. The molecule has 0 saturated heterocycles. The van der Waals surface area contributed by atoms with Crippen molar-refractivity contribution in [1.82, 2.24) is 5.32 Å². The van der Waals surface area contributed by atoms with Gasteiger partial charge >= 0.3 is 0 Å². The lowest BCUT2D eigenvalue weighted by Crippen LogP contribution is -2.33. The Morgan fingerprint density at radius 2 is 1.95 bits per heavy atom. The molecule has 0 bridgehead atoms. The maximum absolute atomic E-state index is 6.54. The molecule has 1 aromatic rings. The maximum Gasteiger partial charge on any atom is 0.0642 e. The third-order valence-electron chi connectivity index (χ3n) is 4.09. The average molecular weight is 297 g/mol. The molecule has 0 aliphatic heterocycles. The molecule has 0 fully saturated rings. The van der Waals surface area contributed by atoms with Crippen molar-refractivity contribution in [2.24, 2.45) is 0 Å². The molecule has 1 aromatic carbocycles. The molecule has 2 atom stereocenters. The summed E-state index contributed by atoms with van der Waals surface area (Å²) in [5.41, 5.74) is 2.40. The van der Waals surface area contributed by atoms with Crippen LogP contribution in [-0.2, 0) is 0 Å². The van der Waals surface area contributed by atoms with Crippen molar-refractivity contribution in [3.05, 3.63) is 28.8 Å². The first-order valence-corrected chi connectivity index (χ1v) is 8.16. The lowest BCUT2D eigenvalue weighted by Gasteiger charge is -2.32. The third kappa shape index (κ3) is 4.39. The molecule has 1 N–H and O–H groups in total. The Morgan fingerprint density at radius 1 is 1.25 bits per heavy atom. The van der Waals surface area contributed by atoms with Crippen molar-refractivity contribution in [1.29, 1.82) is 0 Å². The summed E-state index contributed by atoms with van der Waals surface area (Å²) in [6.45, 7) is 9.96. The Hall–Kier alpha value is -0.730. The first kappa shape index (κ1) is 17.3. The van der Waals surface area contributed by atoms with Crippen LogP contribution in [0.5, 0.6) is 0 Å². The standard InChI is InChI=1S/C17H29ClN2/c1-6-8-11-20(13(3)7-2)17-10-9-15(12-16(17)18)14(4)19-5/h9-10,12-14,19H,6-8,11H2,1-5H3. The Balaban J connectivity index is 3.01. The fraction of sp³-hybridized carbons (Fsp3) is 0.647. The van der Waals surface area contributed by atoms with Gasteiger partial charge in [-0.15, -0.1) is 0 Å². The molecule has 0 spiro atoms. The number of nitrogens with one attached hydrogen (secondary N) is 1. The SMILES string of the molecule is CCCCN(c1ccc(C(C)NC)cc1Cl)C(C)CC. The highest BCUT2D eigenvalue weighted by Gasteiger charge is 2.16. The van der Waals surface area contributed by atoms with E-state index in [0.29, 0.717) is 12.1 Å². The highest BCUT2D eigenvalue weighted by Crippen LogP contribution is 2.31. The highest BCUT2D eigenvalue weighted by molar-refractivity contribution is 6.33. The van der Waals surface area contributed by atoms with Crippen LogP contribution >= 0.6 is 11.6 Å². The predicted molar refractivity (Wildman–Crippen MR) is 90.9 cm³/mol. The van der Waals surface area contributed by atoms with Crippen LogP contribution in [0.3, 0.4) is 0 Å². The molecule has 3 heteroatoms. The number of hydrogen-bond donors (Lipinski definition) is 1. The molecule has 1 rings (SSSR count). The van der Waals surface area contributed by atoms with E-state index in [0.717, 1.165) is 18.0 Å². The minimum atomic E-state index is 0.328. The van der Waals surface area contributed by atoms with Gasteiger partial charge in [0.05, 0.1) is 10.7 Å². The van der Waals surface area contributed by atoms with Gasteiger partial charge in [0.25, 0.3) is 0 Å². The zero-order chi connectivity index (χ0) is 15.1. The Bertz CT molecular complexity index is 406. The van der Waals surface area contributed by atoms with Gasteiger partial charge < -0.3 is 10.2 Å². The van der Waals surface area contributed by atoms with Crippen LogP contribution in [0.25, 0.3) is 0 Å². The summed E-state index contributed by atoms with van der Waals surface area (Å²) in [7, 11) is 1.97. The molecular weight excluding hydrogens is 268 g/mol. The fourth-order valence-corrected chi connectivity index (χ4v) is 2.62. The third-order valence-corrected chi connectivity index (χ3v) is 4.39. The second kappa shape index (κ2) is 8.53. The molecule has 2 nitrogen and oxygen atoms in total. The van der Waals surface area contributed by atoms with Gasteiger partial charge in [0.15, 0.2) is 0 Å². The van der Waals surface area contributed by atoms with Crippen molar-refractivity contribution >= 4 is 17.3 Å². The van der Waals surface area contributed by atoms with Gasteiger partial charge in [0.2, 0.25) is 0 Å². The summed E-state index contributed by atoms with van der Waals surface area (Å²) in [4.78, 5) is 2.44. The lowest BCUT2D eigenvalue weighted by molar-refractivity contribution is 0.595. The molecule has 114 valence electrons. The quantitative estimate of drug-likeness (QED) is 0.724. The summed E-state index contributed by atoms with van der Waals surface area (Å²) in [5.74, 6) is 0. The zero-order valence-corrected chi connectivity index (χ0v) is 14.3. The van der Waals surface area contributed by atoms with E-state index in [1.807, 2.05) is 7.05 Å². The second-order valence-electron chi connectivity index (χ2n) is 5.53. The Kier molecular flexibility index (Phi) is 7.39. The van der Waals surface area contributed by atoms with Gasteiger partial charge in [-0.1, -0.05) is 37.9 Å². The smallest absolute Gasteiger partial charge is 0.0642 e. The molecule has 0 radical (unpaired) electrons. The van der Waals surface area contributed by atoms with Gasteiger partial charge in [-0.05, 0) is 51.4 Å². The topological polar surface area (TPSA) is 15.3 Å². The van der Waals surface area contributed by atoms with Crippen LogP contribution in [0.4, 0.5) is 5.69 Å². The molecule has 0 aliphatic carbocycles. The van der Waals surface area contributed by atoms with E-state index in [4.69, 9.17) is 11.6 Å². The van der Waals surface area contributed by atoms with E-state index in [1.165, 1.54) is 24.1 Å². The molecule has 0 saturated carbocycles. The summed E-state index contributed by atoms with van der Waals surface area (Å²) in [6, 6.07) is 7.30. The summed E-state index contributed by atoms with van der Waals surface area (Å²) < 4.78 is 0. The summed E-state index contributed by atoms with van der Waals surface area (Å²) in [6.07, 6.45) is 3.55. The zero-order valence-electron chi connectivity index (χ0n) is 13.5. The van der Waals surface area contributed by atoms with Gasteiger partial charge in [-0.2, -0.15) is 0 Å². The van der Waals surface area contributed by atoms with E-state index < -0.39 is 0 Å². The van der Waals surface area contributed by atoms with Gasteiger partial charge in [0.1, 0.15) is 0 Å². The van der Waals surface area contributed by atoms with Crippen LogP contribution < -0.4 is 10.2 Å². The van der Waals surface area contributed by atoms with Gasteiger partial charge in [-0.3, -0.25) is 0 Å². The number of rotatable bonds is 8. The van der Waals surface area contributed by atoms with Crippen LogP contribution in [0.1, 0.15) is 58.6 Å². The van der Waals surface area contributed by atoms with Crippen molar-refractivity contribution in [3.8, 4) is 0 Å². The van der Waals surface area contributed by atoms with Gasteiger partial charge in [0, 0.05) is 18.6 Å². The lowest BCUT2D eigenvalue weighted by atomic mass is 10.1. The largest absolute Gasteiger partial charge is 0.368 e. The first-order valence-electron chi connectivity index (χ1n) is 7.78. The van der Waals surface area contributed by atoms with E-state index >= 15 is 0 Å². The fourth-order valence-electron chi connectivity index (χ4n) is 2.32. The summed E-state index contributed by atoms with van der Waals surface area (Å²) >= 11 is 6.54. The van der Waals surface area contributed by atoms with Crippen LogP contribution in [-0.4, -0.2) is 19.6 Å². The number of hydrogen-bond acceptors (Lipinski definition) is 2. The Morgan fingerprint density at radius 3 is 2.45 bits per heavy atom. The van der Waals surface area contributed by atoms with Crippen molar-refractivity contribution < 1.29 is 0 Å². The van der Waals surface area contributed by atoms with Crippen LogP contribution in [0.2, 0.25) is 5.02 Å². The van der Waals surface area contributed by atoms with E-state index in [-0.39, 0.29) is 0 Å². The normalized spacial score (nSPS) is 14.1. The molecule has 2 unspecified atom stereocenters. The summed E-state index contributed by atoms with van der Waals surface area (Å²) in [5, 5.41) is 4.12. The van der Waals surface area contributed by atoms with Crippen LogP contribution in [0.15, 0.2) is 18.2 Å². The van der Waals surface area contributed by atoms with E-state index in [2.05, 4.69) is 56.1 Å². The van der Waals surface area contributed by atoms with Crippen LogP contribution in [0, 0.1) is 0 Å². The molecular formula is C17H29ClN2. The van der Waals surface area contributed by atoms with Crippen molar-refractivity contribution in [2.75, 3.05) is 18.5 Å². The highest BCUT2D eigenvalue weighted by atomic mass is 35.5. The van der Waals surface area contributed by atoms with Crippen molar-refractivity contribution in [2.45, 2.75) is 59.0 Å². The van der Waals surface area contributed by atoms with E-state index in [1.54, 1.807) is 0 Å². The number of anilines is 1. The Labute approximate surface area is 129 Å². The monoisotopic (exact) mass is 296 g/mol. The molecule has 0 heterocycles. The molecule has 0 aliphatic rings. The van der Waals surface area contributed by atoms with Gasteiger partial charge in [-0.25, -0.2) is 0 Å². The predicted octanol–water partition coefficient (Wildman–Crippen LogP) is 5.03. The number of benzene rings is 1. The first-order chi connectivity index (χ1) is 9.54. The average Bonchev–Trinajstić information content (AvgIpc) is 2.47. The minimum Gasteiger partial charge on any atom is -0.368 e.